The fourth-order valence-corrected chi connectivity index (χ4v) is 2.72. The van der Waals surface area contributed by atoms with E-state index in [0.717, 1.165) is 5.25 Å². The van der Waals surface area contributed by atoms with Gasteiger partial charge in [0.15, 0.2) is 5.17 Å². The zero-order valence-corrected chi connectivity index (χ0v) is 8.53. The highest BCUT2D eigenvalue weighted by molar-refractivity contribution is 8.14. The summed E-state index contributed by atoms with van der Waals surface area (Å²) < 4.78 is 0. The van der Waals surface area contributed by atoms with Crippen molar-refractivity contribution in [3.63, 3.8) is 0 Å². The van der Waals surface area contributed by atoms with Crippen LogP contribution in [0.25, 0.3) is 0 Å². The monoisotopic (exact) mass is 184 g/mol. The second-order valence-electron chi connectivity index (χ2n) is 3.87. The third-order valence-corrected chi connectivity index (χ3v) is 3.26. The smallest absolute Gasteiger partial charge is 0.157 e. The number of nitrogens with zero attached hydrogens (tertiary/aromatic N) is 1. The molecule has 2 fully saturated rings. The molecule has 1 heterocycles. The lowest BCUT2D eigenvalue weighted by Gasteiger charge is -2.26. The molecular formula is C9H16N2S. The van der Waals surface area contributed by atoms with Gasteiger partial charge in [-0.15, -0.1) is 0 Å². The molecule has 0 bridgehead atoms. The molecule has 1 aliphatic heterocycles. The van der Waals surface area contributed by atoms with E-state index in [0.29, 0.717) is 12.1 Å². The van der Waals surface area contributed by atoms with Gasteiger partial charge < -0.3 is 5.32 Å². The number of amidine groups is 1. The lowest BCUT2D eigenvalue weighted by Crippen LogP contribution is -2.38. The average molecular weight is 184 g/mol. The van der Waals surface area contributed by atoms with Crippen LogP contribution in [0.4, 0.5) is 0 Å². The van der Waals surface area contributed by atoms with Crippen molar-refractivity contribution in [2.24, 2.45) is 4.99 Å². The molecule has 0 radical (unpaired) electrons. The van der Waals surface area contributed by atoms with Gasteiger partial charge in [0.1, 0.15) is 0 Å². The van der Waals surface area contributed by atoms with Gasteiger partial charge in [-0.2, -0.15) is 0 Å². The molecule has 2 unspecified atom stereocenters. The maximum absolute atomic E-state index is 4.62. The molecule has 0 amide bonds. The van der Waals surface area contributed by atoms with E-state index in [1.165, 1.54) is 24.4 Å². The maximum atomic E-state index is 4.62. The summed E-state index contributed by atoms with van der Waals surface area (Å²) in [4.78, 5) is 4.62. The van der Waals surface area contributed by atoms with Gasteiger partial charge in [-0.25, -0.2) is 0 Å². The topological polar surface area (TPSA) is 24.4 Å². The number of thioether (sulfide) groups is 1. The predicted octanol–water partition coefficient (Wildman–Crippen LogP) is 2.01. The minimum atomic E-state index is 0.610. The molecular weight excluding hydrogens is 168 g/mol. The summed E-state index contributed by atoms with van der Waals surface area (Å²) in [5.74, 6) is 0. The molecule has 2 atom stereocenters. The largest absolute Gasteiger partial charge is 0.362 e. The van der Waals surface area contributed by atoms with Gasteiger partial charge >= 0.3 is 0 Å². The van der Waals surface area contributed by atoms with Crippen LogP contribution in [0.3, 0.4) is 0 Å². The molecule has 0 aromatic heterocycles. The Hall–Kier alpha value is -0.180. The first-order chi connectivity index (χ1) is 5.74. The Morgan fingerprint density at radius 2 is 2.17 bits per heavy atom. The van der Waals surface area contributed by atoms with Crippen molar-refractivity contribution in [1.82, 2.24) is 5.32 Å². The molecule has 0 aromatic rings. The van der Waals surface area contributed by atoms with Gasteiger partial charge in [0.05, 0.1) is 6.04 Å². The normalized spacial score (nSPS) is 39.7. The number of hydrogen-bond donors (Lipinski definition) is 1. The molecule has 2 rings (SSSR count). The van der Waals surface area contributed by atoms with E-state index < -0.39 is 0 Å². The fourth-order valence-electron chi connectivity index (χ4n) is 1.48. The van der Waals surface area contributed by atoms with Gasteiger partial charge in [-0.05, 0) is 26.2 Å². The first kappa shape index (κ1) is 8.42. The van der Waals surface area contributed by atoms with Crippen LogP contribution in [0.5, 0.6) is 0 Å². The molecule has 0 spiro atoms. The molecule has 2 nitrogen and oxygen atoms in total. The number of hydrogen-bond acceptors (Lipinski definition) is 2. The molecule has 1 saturated carbocycles. The summed E-state index contributed by atoms with van der Waals surface area (Å²) in [7, 11) is 0. The van der Waals surface area contributed by atoms with Crippen molar-refractivity contribution >= 4 is 16.9 Å². The summed E-state index contributed by atoms with van der Waals surface area (Å²) in [6.45, 7) is 4.52. The molecule has 1 aliphatic carbocycles. The minimum Gasteiger partial charge on any atom is -0.362 e. The molecule has 3 heteroatoms. The Bertz CT molecular complexity index is 187. The van der Waals surface area contributed by atoms with Crippen molar-refractivity contribution < 1.29 is 0 Å². The van der Waals surface area contributed by atoms with Gasteiger partial charge in [-0.3, -0.25) is 4.99 Å². The zero-order chi connectivity index (χ0) is 8.55. The van der Waals surface area contributed by atoms with Crippen LogP contribution >= 0.6 is 11.8 Å². The molecule has 2 aliphatic rings. The van der Waals surface area contributed by atoms with E-state index in [1.807, 2.05) is 11.8 Å². The SMILES string of the molecule is CC1CC(C)SC(=NC2CC2)N1. The van der Waals surface area contributed by atoms with Crippen LogP contribution in [0.15, 0.2) is 4.99 Å². The van der Waals surface area contributed by atoms with Gasteiger partial charge in [-0.1, -0.05) is 18.7 Å². The van der Waals surface area contributed by atoms with Crippen LogP contribution in [0.1, 0.15) is 33.1 Å². The van der Waals surface area contributed by atoms with Crippen molar-refractivity contribution in [3.05, 3.63) is 0 Å². The van der Waals surface area contributed by atoms with Crippen LogP contribution in [-0.4, -0.2) is 22.5 Å². The molecule has 1 saturated heterocycles. The minimum absolute atomic E-state index is 0.610. The Labute approximate surface area is 78.2 Å². The van der Waals surface area contributed by atoms with Crippen LogP contribution in [0.2, 0.25) is 0 Å². The fraction of sp³-hybridized carbons (Fsp3) is 0.889. The third-order valence-electron chi connectivity index (χ3n) is 2.21. The summed E-state index contributed by atoms with van der Waals surface area (Å²) in [6.07, 6.45) is 3.86. The van der Waals surface area contributed by atoms with E-state index in [4.69, 9.17) is 0 Å². The Morgan fingerprint density at radius 3 is 2.75 bits per heavy atom. The number of rotatable bonds is 1. The summed E-state index contributed by atoms with van der Waals surface area (Å²) in [6, 6.07) is 1.26. The summed E-state index contributed by atoms with van der Waals surface area (Å²) in [5.41, 5.74) is 0. The number of nitrogens with one attached hydrogen (secondary N) is 1. The molecule has 68 valence electrons. The second kappa shape index (κ2) is 3.29. The van der Waals surface area contributed by atoms with Crippen molar-refractivity contribution in [3.8, 4) is 0 Å². The van der Waals surface area contributed by atoms with E-state index in [-0.39, 0.29) is 0 Å². The van der Waals surface area contributed by atoms with Gasteiger partial charge in [0, 0.05) is 11.3 Å². The van der Waals surface area contributed by atoms with E-state index in [2.05, 4.69) is 24.2 Å². The Kier molecular flexibility index (Phi) is 2.31. The van der Waals surface area contributed by atoms with Crippen molar-refractivity contribution in [1.29, 1.82) is 0 Å². The van der Waals surface area contributed by atoms with Gasteiger partial charge in [0.2, 0.25) is 0 Å². The molecule has 1 N–H and O–H groups in total. The average Bonchev–Trinajstić information content (AvgIpc) is 2.68. The zero-order valence-electron chi connectivity index (χ0n) is 7.71. The highest BCUT2D eigenvalue weighted by atomic mass is 32.2. The highest BCUT2D eigenvalue weighted by Crippen LogP contribution is 2.28. The van der Waals surface area contributed by atoms with Crippen LogP contribution in [0, 0.1) is 0 Å². The van der Waals surface area contributed by atoms with E-state index in [1.54, 1.807) is 0 Å². The predicted molar refractivity (Wildman–Crippen MR) is 54.7 cm³/mol. The first-order valence-corrected chi connectivity index (χ1v) is 5.63. The lowest BCUT2D eigenvalue weighted by atomic mass is 10.2. The first-order valence-electron chi connectivity index (χ1n) is 4.75. The van der Waals surface area contributed by atoms with Crippen LogP contribution in [-0.2, 0) is 0 Å². The van der Waals surface area contributed by atoms with Crippen LogP contribution < -0.4 is 5.32 Å². The lowest BCUT2D eigenvalue weighted by molar-refractivity contribution is 0.597. The standard InChI is InChI=1S/C9H16N2S/c1-6-5-7(2)12-9(10-6)11-8-3-4-8/h6-8H,3-5H2,1-2H3,(H,10,11). The molecule has 12 heavy (non-hydrogen) atoms. The summed E-state index contributed by atoms with van der Waals surface area (Å²) in [5, 5.41) is 5.35. The Balaban J connectivity index is 1.95. The summed E-state index contributed by atoms with van der Waals surface area (Å²) >= 11 is 1.90. The van der Waals surface area contributed by atoms with Gasteiger partial charge in [0.25, 0.3) is 0 Å². The maximum Gasteiger partial charge on any atom is 0.157 e. The highest BCUT2D eigenvalue weighted by Gasteiger charge is 2.25. The van der Waals surface area contributed by atoms with E-state index >= 15 is 0 Å². The van der Waals surface area contributed by atoms with E-state index in [9.17, 15) is 0 Å². The number of aliphatic imine (C=N–C) groups is 1. The van der Waals surface area contributed by atoms with Crippen molar-refractivity contribution in [2.45, 2.75) is 50.4 Å². The Morgan fingerprint density at radius 1 is 1.42 bits per heavy atom. The molecule has 0 aromatic carbocycles. The van der Waals surface area contributed by atoms with Crippen molar-refractivity contribution in [2.75, 3.05) is 0 Å². The quantitative estimate of drug-likeness (QED) is 0.674. The second-order valence-corrected chi connectivity index (χ2v) is 5.30. The third kappa shape index (κ3) is 2.16.